The molecule has 0 bridgehead atoms. The smallest absolute Gasteiger partial charge is 0.252 e. The van der Waals surface area contributed by atoms with Crippen molar-refractivity contribution in [2.45, 2.75) is 39.7 Å². The summed E-state index contributed by atoms with van der Waals surface area (Å²) in [5.74, 6) is 0.748. The number of benzene rings is 2. The van der Waals surface area contributed by atoms with Gasteiger partial charge >= 0.3 is 0 Å². The number of amides is 1. The molecule has 4 aromatic rings. The largest absolute Gasteiger partial charge is 0.493 e. The van der Waals surface area contributed by atoms with E-state index in [0.29, 0.717) is 16.2 Å². The number of hydrogen-bond donors (Lipinski definition) is 1. The molecule has 1 N–H and O–H groups in total. The standard InChI is InChI=1S/C26H25ClN4O2/c1-15-13-20(24-17(3)30-31(25(24)28-15)22-9-5-4-8-21(22)27)26(32)29-16(2)19-11-10-18-7-6-12-33-23(18)14-19/h4-5,8-11,13-14,16H,6-7,12H2,1-3H3,(H,29,32). The maximum atomic E-state index is 13.4. The minimum absolute atomic E-state index is 0.168. The van der Waals surface area contributed by atoms with Crippen LogP contribution in [0.25, 0.3) is 16.7 Å². The highest BCUT2D eigenvalue weighted by molar-refractivity contribution is 6.32. The Balaban J connectivity index is 1.51. The molecule has 168 valence electrons. The van der Waals surface area contributed by atoms with Crippen LogP contribution in [-0.4, -0.2) is 27.3 Å². The molecule has 1 amide bonds. The van der Waals surface area contributed by atoms with Gasteiger partial charge in [-0.1, -0.05) is 35.9 Å². The molecule has 3 heterocycles. The van der Waals surface area contributed by atoms with Crippen LogP contribution in [0.2, 0.25) is 5.02 Å². The second kappa shape index (κ2) is 8.52. The molecule has 5 rings (SSSR count). The van der Waals surface area contributed by atoms with Crippen LogP contribution in [0.5, 0.6) is 5.75 Å². The summed E-state index contributed by atoms with van der Waals surface area (Å²) < 4.78 is 7.51. The van der Waals surface area contributed by atoms with Crippen molar-refractivity contribution in [1.82, 2.24) is 20.1 Å². The lowest BCUT2D eigenvalue weighted by atomic mass is 10.0. The van der Waals surface area contributed by atoms with E-state index >= 15 is 0 Å². The van der Waals surface area contributed by atoms with Crippen molar-refractivity contribution < 1.29 is 9.53 Å². The number of aryl methyl sites for hydroxylation is 3. The van der Waals surface area contributed by atoms with Gasteiger partial charge in [-0.2, -0.15) is 5.10 Å². The fraction of sp³-hybridized carbons (Fsp3) is 0.269. The number of pyridine rings is 1. The highest BCUT2D eigenvalue weighted by atomic mass is 35.5. The van der Waals surface area contributed by atoms with E-state index in [9.17, 15) is 4.79 Å². The van der Waals surface area contributed by atoms with Crippen molar-refractivity contribution in [2.75, 3.05) is 6.61 Å². The third-order valence-electron chi connectivity index (χ3n) is 6.05. The molecule has 7 heteroatoms. The first kappa shape index (κ1) is 21.5. The van der Waals surface area contributed by atoms with Crippen LogP contribution < -0.4 is 10.1 Å². The number of carbonyl (C=O) groups excluding carboxylic acids is 1. The maximum absolute atomic E-state index is 13.4. The van der Waals surface area contributed by atoms with Gasteiger partial charge in [-0.05, 0) is 69.0 Å². The Morgan fingerprint density at radius 1 is 1.18 bits per heavy atom. The van der Waals surface area contributed by atoms with E-state index in [0.717, 1.165) is 53.2 Å². The van der Waals surface area contributed by atoms with Gasteiger partial charge in [-0.15, -0.1) is 0 Å². The number of nitrogens with one attached hydrogen (secondary N) is 1. The predicted octanol–water partition coefficient (Wildman–Crippen LogP) is 5.51. The number of aromatic nitrogens is 3. The Hall–Kier alpha value is -3.38. The molecule has 0 aliphatic carbocycles. The first-order chi connectivity index (χ1) is 15.9. The van der Waals surface area contributed by atoms with Crippen molar-refractivity contribution in [3.05, 3.63) is 81.6 Å². The molecule has 0 saturated carbocycles. The second-order valence-corrected chi connectivity index (χ2v) is 8.88. The summed E-state index contributed by atoms with van der Waals surface area (Å²) in [5.41, 5.74) is 5.57. The molecule has 0 radical (unpaired) electrons. The van der Waals surface area contributed by atoms with Gasteiger partial charge in [0.2, 0.25) is 0 Å². The third kappa shape index (κ3) is 3.95. The molecule has 1 atom stereocenters. The highest BCUT2D eigenvalue weighted by Crippen LogP contribution is 2.30. The minimum Gasteiger partial charge on any atom is -0.493 e. The number of hydrogen-bond acceptors (Lipinski definition) is 4. The van der Waals surface area contributed by atoms with E-state index in [1.165, 1.54) is 5.56 Å². The van der Waals surface area contributed by atoms with Crippen LogP contribution >= 0.6 is 11.6 Å². The molecule has 1 aliphatic heterocycles. The Morgan fingerprint density at radius 3 is 2.82 bits per heavy atom. The lowest BCUT2D eigenvalue weighted by Gasteiger charge is -2.21. The molecule has 33 heavy (non-hydrogen) atoms. The van der Waals surface area contributed by atoms with Crippen molar-refractivity contribution in [3.8, 4) is 11.4 Å². The van der Waals surface area contributed by atoms with Crippen molar-refractivity contribution in [3.63, 3.8) is 0 Å². The SMILES string of the molecule is Cc1cc(C(=O)NC(C)c2ccc3c(c2)OCCC3)c2c(C)nn(-c3ccccc3Cl)c2n1. The molecular weight excluding hydrogens is 436 g/mol. The number of ether oxygens (including phenoxy) is 1. The number of nitrogens with zero attached hydrogens (tertiary/aromatic N) is 3. The van der Waals surface area contributed by atoms with Gasteiger partial charge in [0.15, 0.2) is 5.65 Å². The van der Waals surface area contributed by atoms with Gasteiger partial charge in [-0.25, -0.2) is 9.67 Å². The number of rotatable bonds is 4. The zero-order valence-electron chi connectivity index (χ0n) is 18.9. The number of carbonyl (C=O) groups is 1. The minimum atomic E-state index is -0.184. The number of fused-ring (bicyclic) bond motifs is 2. The number of halogens is 1. The molecule has 0 spiro atoms. The van der Waals surface area contributed by atoms with Crippen LogP contribution in [-0.2, 0) is 6.42 Å². The van der Waals surface area contributed by atoms with Crippen molar-refractivity contribution in [2.24, 2.45) is 0 Å². The van der Waals surface area contributed by atoms with E-state index < -0.39 is 0 Å². The highest BCUT2D eigenvalue weighted by Gasteiger charge is 2.22. The maximum Gasteiger partial charge on any atom is 0.252 e. The number of para-hydroxylation sites is 1. The lowest BCUT2D eigenvalue weighted by Crippen LogP contribution is -2.27. The van der Waals surface area contributed by atoms with Gasteiger partial charge in [0.25, 0.3) is 5.91 Å². The van der Waals surface area contributed by atoms with E-state index in [1.807, 2.05) is 57.2 Å². The average molecular weight is 461 g/mol. The van der Waals surface area contributed by atoms with Gasteiger partial charge in [0.1, 0.15) is 5.75 Å². The summed E-state index contributed by atoms with van der Waals surface area (Å²) in [6.45, 7) is 6.47. The van der Waals surface area contributed by atoms with Gasteiger partial charge in [0.05, 0.1) is 40.0 Å². The van der Waals surface area contributed by atoms with Crippen molar-refractivity contribution >= 4 is 28.5 Å². The zero-order chi connectivity index (χ0) is 23.1. The van der Waals surface area contributed by atoms with Gasteiger partial charge < -0.3 is 10.1 Å². The van der Waals surface area contributed by atoms with Crippen LogP contribution in [0.15, 0.2) is 48.5 Å². The first-order valence-electron chi connectivity index (χ1n) is 11.1. The summed E-state index contributed by atoms with van der Waals surface area (Å²) in [5, 5.41) is 9.09. The lowest BCUT2D eigenvalue weighted by molar-refractivity contribution is 0.0941. The van der Waals surface area contributed by atoms with Gasteiger partial charge in [-0.3, -0.25) is 4.79 Å². The Bertz CT molecular complexity index is 1380. The average Bonchev–Trinajstić information content (AvgIpc) is 3.14. The fourth-order valence-electron chi connectivity index (χ4n) is 4.37. The predicted molar refractivity (Wildman–Crippen MR) is 129 cm³/mol. The van der Waals surface area contributed by atoms with E-state index in [2.05, 4.69) is 27.5 Å². The van der Waals surface area contributed by atoms with Gasteiger partial charge in [0, 0.05) is 5.69 Å². The zero-order valence-corrected chi connectivity index (χ0v) is 19.6. The molecule has 2 aromatic heterocycles. The molecule has 0 fully saturated rings. The Kier molecular flexibility index (Phi) is 5.54. The molecule has 2 aromatic carbocycles. The van der Waals surface area contributed by atoms with E-state index in [-0.39, 0.29) is 11.9 Å². The summed E-state index contributed by atoms with van der Waals surface area (Å²) >= 11 is 6.42. The normalized spacial score (nSPS) is 13.9. The summed E-state index contributed by atoms with van der Waals surface area (Å²) in [6, 6.07) is 15.3. The molecule has 1 aliphatic rings. The van der Waals surface area contributed by atoms with Crippen LogP contribution in [0, 0.1) is 13.8 Å². The van der Waals surface area contributed by atoms with Crippen LogP contribution in [0.3, 0.4) is 0 Å². The summed E-state index contributed by atoms with van der Waals surface area (Å²) in [6.07, 6.45) is 2.07. The molecule has 1 unspecified atom stereocenters. The quantitative estimate of drug-likeness (QED) is 0.436. The monoisotopic (exact) mass is 460 g/mol. The second-order valence-electron chi connectivity index (χ2n) is 8.47. The summed E-state index contributed by atoms with van der Waals surface area (Å²) in [7, 11) is 0. The van der Waals surface area contributed by atoms with Crippen LogP contribution in [0.1, 0.15) is 52.3 Å². The Morgan fingerprint density at radius 2 is 2.00 bits per heavy atom. The van der Waals surface area contributed by atoms with Crippen molar-refractivity contribution in [1.29, 1.82) is 0 Å². The fourth-order valence-corrected chi connectivity index (χ4v) is 4.58. The Labute approximate surface area is 197 Å². The van der Waals surface area contributed by atoms with Crippen LogP contribution in [0.4, 0.5) is 0 Å². The van der Waals surface area contributed by atoms with E-state index in [1.54, 1.807) is 4.68 Å². The summed E-state index contributed by atoms with van der Waals surface area (Å²) in [4.78, 5) is 18.1. The molecule has 6 nitrogen and oxygen atoms in total. The molecule has 0 saturated heterocycles. The topological polar surface area (TPSA) is 69.0 Å². The third-order valence-corrected chi connectivity index (χ3v) is 6.37. The van der Waals surface area contributed by atoms with E-state index in [4.69, 9.17) is 16.3 Å². The molecular formula is C26H25ClN4O2. The first-order valence-corrected chi connectivity index (χ1v) is 11.5.